The highest BCUT2D eigenvalue weighted by molar-refractivity contribution is 6.50. The number of hydrogen-bond donors (Lipinski definition) is 0. The van der Waals surface area contributed by atoms with Crippen LogP contribution in [0.1, 0.15) is 19.8 Å². The summed E-state index contributed by atoms with van der Waals surface area (Å²) in [6.45, 7) is 4.56. The Labute approximate surface area is 92.4 Å². The van der Waals surface area contributed by atoms with E-state index in [1.54, 1.807) is 0 Å². The van der Waals surface area contributed by atoms with E-state index in [0.29, 0.717) is 7.05 Å². The van der Waals surface area contributed by atoms with Gasteiger partial charge in [-0.2, -0.15) is 0 Å². The predicted octanol–water partition coefficient (Wildman–Crippen LogP) is 2.67. The van der Waals surface area contributed by atoms with Crippen LogP contribution in [0.5, 0.6) is 5.75 Å². The van der Waals surface area contributed by atoms with Gasteiger partial charge < -0.3 is 9.47 Å². The molecule has 0 unspecified atom stereocenters. The zero-order valence-corrected chi connectivity index (χ0v) is 9.36. The summed E-state index contributed by atoms with van der Waals surface area (Å²) in [4.78, 5) is 2.44. The molecule has 0 N–H and O–H groups in total. The first kappa shape index (κ1) is 10.6. The zero-order valence-electron chi connectivity index (χ0n) is 9.36. The minimum atomic E-state index is 0.298. The number of rotatable bonds is 4. The Bertz CT molecular complexity index is 291. The lowest BCUT2D eigenvalue weighted by molar-refractivity contribution is 0.403. The average molecular weight is 203 g/mol. The first-order valence-electron chi connectivity index (χ1n) is 5.86. The molecule has 1 aromatic rings. The lowest BCUT2D eigenvalue weighted by atomic mass is 9.79. The molecule has 1 aliphatic rings. The van der Waals surface area contributed by atoms with E-state index in [-0.39, 0.29) is 0 Å². The molecule has 0 saturated carbocycles. The van der Waals surface area contributed by atoms with E-state index >= 15 is 0 Å². The molecular formula is C12H18BNO. The summed E-state index contributed by atoms with van der Waals surface area (Å²) in [5.41, 5.74) is 0. The van der Waals surface area contributed by atoms with Crippen LogP contribution in [0.3, 0.4) is 0 Å². The normalized spacial score (nSPS) is 17.0. The van der Waals surface area contributed by atoms with Gasteiger partial charge in [0.25, 0.3) is 0 Å². The molecule has 0 radical (unpaired) electrons. The molecule has 0 atom stereocenters. The van der Waals surface area contributed by atoms with E-state index in [1.807, 2.05) is 30.3 Å². The van der Waals surface area contributed by atoms with E-state index in [9.17, 15) is 0 Å². The highest BCUT2D eigenvalue weighted by Crippen LogP contribution is 2.19. The van der Waals surface area contributed by atoms with Gasteiger partial charge in [-0.15, -0.1) is 0 Å². The Morgan fingerprint density at radius 1 is 1.33 bits per heavy atom. The Morgan fingerprint density at radius 2 is 2.13 bits per heavy atom. The third kappa shape index (κ3) is 2.75. The van der Waals surface area contributed by atoms with E-state index < -0.39 is 0 Å². The van der Waals surface area contributed by atoms with Crippen molar-refractivity contribution in [3.8, 4) is 5.75 Å². The van der Waals surface area contributed by atoms with Crippen molar-refractivity contribution < 1.29 is 4.65 Å². The third-order valence-corrected chi connectivity index (χ3v) is 2.83. The second-order valence-corrected chi connectivity index (χ2v) is 4.06. The van der Waals surface area contributed by atoms with Crippen LogP contribution >= 0.6 is 0 Å². The number of nitrogens with zero attached hydrogens (tertiary/aromatic N) is 1. The zero-order chi connectivity index (χ0) is 10.5. The molecule has 0 bridgehead atoms. The van der Waals surface area contributed by atoms with Crippen LogP contribution in [-0.4, -0.2) is 25.0 Å². The van der Waals surface area contributed by atoms with Gasteiger partial charge in [0.05, 0.1) is 5.75 Å². The van der Waals surface area contributed by atoms with Gasteiger partial charge in [-0.3, -0.25) is 0 Å². The fourth-order valence-electron chi connectivity index (χ4n) is 2.13. The van der Waals surface area contributed by atoms with Crippen molar-refractivity contribution in [2.45, 2.75) is 26.1 Å². The molecule has 80 valence electrons. The maximum absolute atomic E-state index is 5.97. The van der Waals surface area contributed by atoms with Gasteiger partial charge >= 0.3 is 7.05 Å². The molecule has 1 fully saturated rings. The van der Waals surface area contributed by atoms with Crippen LogP contribution in [0.2, 0.25) is 6.32 Å². The van der Waals surface area contributed by atoms with E-state index in [2.05, 4.69) is 11.7 Å². The summed E-state index contributed by atoms with van der Waals surface area (Å²) in [7, 11) is 0.298. The molecule has 0 spiro atoms. The summed E-state index contributed by atoms with van der Waals surface area (Å²) >= 11 is 0. The molecular weight excluding hydrogens is 185 g/mol. The first-order valence-corrected chi connectivity index (χ1v) is 5.86. The lowest BCUT2D eigenvalue weighted by Crippen LogP contribution is -2.39. The Morgan fingerprint density at radius 3 is 2.87 bits per heavy atom. The van der Waals surface area contributed by atoms with Crippen LogP contribution in [0.4, 0.5) is 0 Å². The molecule has 1 saturated heterocycles. The summed E-state index contributed by atoms with van der Waals surface area (Å²) in [5.74, 6) is 0.991. The Kier molecular flexibility index (Phi) is 3.67. The number of hydrogen-bond acceptors (Lipinski definition) is 2. The first-order chi connectivity index (χ1) is 7.40. The maximum Gasteiger partial charge on any atom is 0.448 e. The molecule has 3 heteroatoms. The van der Waals surface area contributed by atoms with Crippen LogP contribution in [0, 0.1) is 0 Å². The van der Waals surface area contributed by atoms with Gasteiger partial charge in [0.2, 0.25) is 0 Å². The van der Waals surface area contributed by atoms with Crippen molar-refractivity contribution in [3.05, 3.63) is 30.3 Å². The SMILES string of the molecule is CCCN1CCCB1Oc1ccccc1. The van der Waals surface area contributed by atoms with Gasteiger partial charge in [-0.1, -0.05) is 25.1 Å². The summed E-state index contributed by atoms with van der Waals surface area (Å²) in [6, 6.07) is 10.1. The highest BCUT2D eigenvalue weighted by Gasteiger charge is 2.31. The van der Waals surface area contributed by atoms with Crippen LogP contribution < -0.4 is 4.65 Å². The van der Waals surface area contributed by atoms with Crippen molar-refractivity contribution in [1.29, 1.82) is 0 Å². The summed E-state index contributed by atoms with van der Waals surface area (Å²) in [5, 5.41) is 0. The highest BCUT2D eigenvalue weighted by atomic mass is 16.4. The minimum absolute atomic E-state index is 0.298. The van der Waals surface area contributed by atoms with Crippen molar-refractivity contribution in [1.82, 2.24) is 4.81 Å². The lowest BCUT2D eigenvalue weighted by Gasteiger charge is -2.21. The van der Waals surface area contributed by atoms with Crippen molar-refractivity contribution in [2.75, 3.05) is 13.1 Å². The number of benzene rings is 1. The van der Waals surface area contributed by atoms with Crippen molar-refractivity contribution >= 4 is 7.05 Å². The fourth-order valence-corrected chi connectivity index (χ4v) is 2.13. The van der Waals surface area contributed by atoms with Gasteiger partial charge in [-0.25, -0.2) is 0 Å². The van der Waals surface area contributed by atoms with Crippen molar-refractivity contribution in [2.24, 2.45) is 0 Å². The van der Waals surface area contributed by atoms with E-state index in [4.69, 9.17) is 4.65 Å². The molecule has 15 heavy (non-hydrogen) atoms. The topological polar surface area (TPSA) is 12.5 Å². The van der Waals surface area contributed by atoms with E-state index in [0.717, 1.165) is 18.6 Å². The molecule has 2 rings (SSSR count). The fraction of sp³-hybridized carbons (Fsp3) is 0.500. The van der Waals surface area contributed by atoms with E-state index in [1.165, 1.54) is 19.4 Å². The van der Waals surface area contributed by atoms with Crippen LogP contribution in [0.25, 0.3) is 0 Å². The van der Waals surface area contributed by atoms with Crippen molar-refractivity contribution in [3.63, 3.8) is 0 Å². The van der Waals surface area contributed by atoms with Gasteiger partial charge in [0.15, 0.2) is 0 Å². The average Bonchev–Trinajstić information content (AvgIpc) is 2.68. The minimum Gasteiger partial charge on any atom is -0.546 e. The second-order valence-electron chi connectivity index (χ2n) is 4.06. The Balaban J connectivity index is 1.93. The van der Waals surface area contributed by atoms with Gasteiger partial charge in [0.1, 0.15) is 0 Å². The molecule has 1 aromatic carbocycles. The molecule has 1 aliphatic heterocycles. The predicted molar refractivity (Wildman–Crippen MR) is 64.1 cm³/mol. The Hall–Kier alpha value is -0.955. The molecule has 0 aliphatic carbocycles. The van der Waals surface area contributed by atoms with Crippen LogP contribution in [-0.2, 0) is 0 Å². The molecule has 0 amide bonds. The molecule has 0 aromatic heterocycles. The van der Waals surface area contributed by atoms with Gasteiger partial charge in [0, 0.05) is 0 Å². The molecule has 2 nitrogen and oxygen atoms in total. The smallest absolute Gasteiger partial charge is 0.448 e. The van der Waals surface area contributed by atoms with Gasteiger partial charge in [-0.05, 0) is 44.4 Å². The van der Waals surface area contributed by atoms with Crippen LogP contribution in [0.15, 0.2) is 30.3 Å². The molecule has 1 heterocycles. The summed E-state index contributed by atoms with van der Waals surface area (Å²) in [6.07, 6.45) is 3.63. The monoisotopic (exact) mass is 203 g/mol. The largest absolute Gasteiger partial charge is 0.546 e. The second kappa shape index (κ2) is 5.22. The third-order valence-electron chi connectivity index (χ3n) is 2.83. The maximum atomic E-state index is 5.97. The standard InChI is InChI=1S/C12H18BNO/c1-2-10-14-11-6-9-13(14)15-12-7-4-3-5-8-12/h3-5,7-8H,2,6,9-11H2,1H3. The number of para-hydroxylation sites is 1. The summed E-state index contributed by atoms with van der Waals surface area (Å²) < 4.78 is 5.97. The quantitative estimate of drug-likeness (QED) is 0.697.